The molecule has 92 valence electrons. The van der Waals surface area contributed by atoms with Crippen LogP contribution in [-0.2, 0) is 13.0 Å². The van der Waals surface area contributed by atoms with E-state index in [1.807, 2.05) is 29.2 Å². The Morgan fingerprint density at radius 1 is 1.33 bits per heavy atom. The van der Waals surface area contributed by atoms with Gasteiger partial charge in [-0.3, -0.25) is 4.79 Å². The van der Waals surface area contributed by atoms with Gasteiger partial charge in [-0.15, -0.1) is 11.3 Å². The first-order valence-corrected chi connectivity index (χ1v) is 7.80. The Kier molecular flexibility index (Phi) is 3.39. The van der Waals surface area contributed by atoms with Crippen LogP contribution in [-0.4, -0.2) is 17.4 Å². The van der Waals surface area contributed by atoms with Crippen LogP contribution in [0.3, 0.4) is 0 Å². The lowest BCUT2D eigenvalue weighted by Gasteiger charge is -2.27. The Balaban J connectivity index is 1.83. The van der Waals surface area contributed by atoms with Crippen molar-refractivity contribution in [2.24, 2.45) is 0 Å². The number of hydrogen-bond donors (Lipinski definition) is 0. The predicted octanol–water partition coefficient (Wildman–Crippen LogP) is 3.55. The van der Waals surface area contributed by atoms with Gasteiger partial charge in [0.2, 0.25) is 0 Å². The zero-order valence-electron chi connectivity index (χ0n) is 9.73. The molecule has 0 fully saturated rings. The number of thiophene rings is 1. The number of benzene rings is 1. The first kappa shape index (κ1) is 12.2. The summed E-state index contributed by atoms with van der Waals surface area (Å²) in [5, 5.41) is 2.12. The van der Waals surface area contributed by atoms with Crippen LogP contribution in [0.1, 0.15) is 20.8 Å². The van der Waals surface area contributed by atoms with Crippen LogP contribution >= 0.6 is 33.9 Å². The van der Waals surface area contributed by atoms with E-state index in [4.69, 9.17) is 0 Å². The van der Waals surface area contributed by atoms with Gasteiger partial charge in [0.15, 0.2) is 0 Å². The lowest BCUT2D eigenvalue weighted by atomic mass is 10.1. The molecular formula is C14H12INOS. The van der Waals surface area contributed by atoms with Crippen LogP contribution in [0.15, 0.2) is 35.7 Å². The molecule has 0 radical (unpaired) electrons. The van der Waals surface area contributed by atoms with E-state index in [1.165, 1.54) is 10.4 Å². The summed E-state index contributed by atoms with van der Waals surface area (Å²) in [6, 6.07) is 9.92. The van der Waals surface area contributed by atoms with Crippen molar-refractivity contribution in [3.05, 3.63) is 55.3 Å². The third-order valence-electron chi connectivity index (χ3n) is 3.17. The first-order valence-electron chi connectivity index (χ1n) is 5.84. The van der Waals surface area contributed by atoms with Crippen LogP contribution in [0, 0.1) is 3.57 Å². The molecule has 18 heavy (non-hydrogen) atoms. The van der Waals surface area contributed by atoms with Crippen molar-refractivity contribution in [1.29, 1.82) is 0 Å². The van der Waals surface area contributed by atoms with E-state index in [0.717, 1.165) is 28.6 Å². The average Bonchev–Trinajstić information content (AvgIpc) is 2.85. The summed E-state index contributed by atoms with van der Waals surface area (Å²) in [4.78, 5) is 15.8. The third-order valence-corrected chi connectivity index (χ3v) is 4.86. The SMILES string of the molecule is O=C(c1cccc(I)c1)N1CCc2sccc2C1. The maximum atomic E-state index is 12.4. The van der Waals surface area contributed by atoms with E-state index >= 15 is 0 Å². The molecule has 1 aromatic heterocycles. The van der Waals surface area contributed by atoms with Gasteiger partial charge in [-0.2, -0.15) is 0 Å². The average molecular weight is 369 g/mol. The zero-order valence-corrected chi connectivity index (χ0v) is 12.7. The van der Waals surface area contributed by atoms with Gasteiger partial charge in [0.05, 0.1) is 0 Å². The van der Waals surface area contributed by atoms with Crippen molar-refractivity contribution < 1.29 is 4.79 Å². The number of amides is 1. The van der Waals surface area contributed by atoms with Gasteiger partial charge in [0.25, 0.3) is 5.91 Å². The molecule has 0 aliphatic carbocycles. The van der Waals surface area contributed by atoms with Crippen LogP contribution in [0.2, 0.25) is 0 Å². The van der Waals surface area contributed by atoms with Crippen molar-refractivity contribution in [3.63, 3.8) is 0 Å². The van der Waals surface area contributed by atoms with E-state index in [-0.39, 0.29) is 5.91 Å². The highest BCUT2D eigenvalue weighted by molar-refractivity contribution is 14.1. The number of rotatable bonds is 1. The van der Waals surface area contributed by atoms with Gasteiger partial charge in [0, 0.05) is 27.1 Å². The van der Waals surface area contributed by atoms with Crippen LogP contribution in [0.4, 0.5) is 0 Å². The number of fused-ring (bicyclic) bond motifs is 1. The molecule has 0 saturated heterocycles. The summed E-state index contributed by atoms with van der Waals surface area (Å²) in [5.41, 5.74) is 2.10. The molecule has 2 nitrogen and oxygen atoms in total. The molecule has 0 spiro atoms. The summed E-state index contributed by atoms with van der Waals surface area (Å²) in [6.07, 6.45) is 0.989. The van der Waals surface area contributed by atoms with Crippen molar-refractivity contribution in [2.75, 3.05) is 6.54 Å². The van der Waals surface area contributed by atoms with Gasteiger partial charge in [0.1, 0.15) is 0 Å². The summed E-state index contributed by atoms with van der Waals surface area (Å²) in [7, 11) is 0. The van der Waals surface area contributed by atoms with Crippen molar-refractivity contribution in [1.82, 2.24) is 4.90 Å². The minimum absolute atomic E-state index is 0.144. The third kappa shape index (κ3) is 2.31. The van der Waals surface area contributed by atoms with Gasteiger partial charge >= 0.3 is 0 Å². The predicted molar refractivity (Wildman–Crippen MR) is 81.9 cm³/mol. The van der Waals surface area contributed by atoms with Crippen molar-refractivity contribution >= 4 is 39.8 Å². The topological polar surface area (TPSA) is 20.3 Å². The van der Waals surface area contributed by atoms with Crippen molar-refractivity contribution in [2.45, 2.75) is 13.0 Å². The molecule has 0 bridgehead atoms. The minimum atomic E-state index is 0.144. The Morgan fingerprint density at radius 2 is 2.22 bits per heavy atom. The quantitative estimate of drug-likeness (QED) is 0.704. The van der Waals surface area contributed by atoms with Gasteiger partial charge in [-0.25, -0.2) is 0 Å². The Morgan fingerprint density at radius 3 is 3.06 bits per heavy atom. The number of carbonyl (C=O) groups excluding carboxylic acids is 1. The molecule has 3 rings (SSSR count). The molecule has 1 aliphatic rings. The fourth-order valence-corrected chi connectivity index (χ4v) is 3.66. The fourth-order valence-electron chi connectivity index (χ4n) is 2.23. The molecule has 2 heterocycles. The minimum Gasteiger partial charge on any atom is -0.334 e. The number of halogens is 1. The maximum absolute atomic E-state index is 12.4. The lowest BCUT2D eigenvalue weighted by molar-refractivity contribution is 0.0736. The zero-order chi connectivity index (χ0) is 12.5. The lowest BCUT2D eigenvalue weighted by Crippen LogP contribution is -2.35. The smallest absolute Gasteiger partial charge is 0.254 e. The standard InChI is InChI=1S/C14H12INOS/c15-12-3-1-2-10(8-12)14(17)16-6-4-13-11(9-16)5-7-18-13/h1-3,5,7-8H,4,6,9H2. The summed E-state index contributed by atoms with van der Waals surface area (Å²) in [6.45, 7) is 1.58. The fraction of sp³-hybridized carbons (Fsp3) is 0.214. The van der Waals surface area contributed by atoms with E-state index in [0.29, 0.717) is 0 Å². The number of hydrogen-bond acceptors (Lipinski definition) is 2. The Labute approximate surface area is 124 Å². The second-order valence-electron chi connectivity index (χ2n) is 4.36. The molecule has 0 unspecified atom stereocenters. The molecule has 4 heteroatoms. The highest BCUT2D eigenvalue weighted by atomic mass is 127. The molecule has 0 saturated carbocycles. The molecule has 0 atom stereocenters. The van der Waals surface area contributed by atoms with E-state index in [2.05, 4.69) is 34.0 Å². The molecule has 1 aromatic carbocycles. The highest BCUT2D eigenvalue weighted by Crippen LogP contribution is 2.25. The monoisotopic (exact) mass is 369 g/mol. The number of nitrogens with zero attached hydrogens (tertiary/aromatic N) is 1. The van der Waals surface area contributed by atoms with Gasteiger partial charge in [-0.1, -0.05) is 6.07 Å². The van der Waals surface area contributed by atoms with Crippen LogP contribution in [0.25, 0.3) is 0 Å². The van der Waals surface area contributed by atoms with Crippen LogP contribution in [0.5, 0.6) is 0 Å². The maximum Gasteiger partial charge on any atom is 0.254 e. The molecule has 0 N–H and O–H groups in total. The Bertz CT molecular complexity index is 593. The number of carbonyl (C=O) groups is 1. The van der Waals surface area contributed by atoms with Gasteiger partial charge < -0.3 is 4.90 Å². The largest absolute Gasteiger partial charge is 0.334 e. The van der Waals surface area contributed by atoms with E-state index in [9.17, 15) is 4.79 Å². The van der Waals surface area contributed by atoms with E-state index in [1.54, 1.807) is 11.3 Å². The molecule has 1 amide bonds. The Hall–Kier alpha value is -0.880. The first-order chi connectivity index (χ1) is 8.74. The second kappa shape index (κ2) is 5.01. The summed E-state index contributed by atoms with van der Waals surface area (Å²) in [5.74, 6) is 0.144. The molecule has 2 aromatic rings. The summed E-state index contributed by atoms with van der Waals surface area (Å²) >= 11 is 4.04. The highest BCUT2D eigenvalue weighted by Gasteiger charge is 2.22. The van der Waals surface area contributed by atoms with Crippen LogP contribution < -0.4 is 0 Å². The van der Waals surface area contributed by atoms with Gasteiger partial charge in [-0.05, 0) is 64.2 Å². The summed E-state index contributed by atoms with van der Waals surface area (Å²) < 4.78 is 1.10. The second-order valence-corrected chi connectivity index (χ2v) is 6.60. The van der Waals surface area contributed by atoms with Crippen molar-refractivity contribution in [3.8, 4) is 0 Å². The molecular weight excluding hydrogens is 357 g/mol. The molecule has 1 aliphatic heterocycles. The van der Waals surface area contributed by atoms with E-state index < -0.39 is 0 Å². The normalized spacial score (nSPS) is 14.4.